The fourth-order valence-electron chi connectivity index (χ4n) is 0.764. The Hall–Kier alpha value is -1.10. The van der Waals surface area contributed by atoms with Crippen molar-refractivity contribution in [2.75, 3.05) is 0 Å². The topological polar surface area (TPSA) is 66.4 Å². The van der Waals surface area contributed by atoms with Gasteiger partial charge in [-0.05, 0) is 0 Å². The van der Waals surface area contributed by atoms with Crippen LogP contribution in [0, 0.1) is 0 Å². The lowest BCUT2D eigenvalue weighted by Crippen LogP contribution is -2.33. The Bertz CT molecular complexity index is 275. The van der Waals surface area contributed by atoms with Gasteiger partial charge in [0.05, 0.1) is 6.42 Å². The summed E-state index contributed by atoms with van der Waals surface area (Å²) < 4.78 is 17.1. The molecule has 1 heterocycles. The lowest BCUT2D eigenvalue weighted by Gasteiger charge is -2.16. The van der Waals surface area contributed by atoms with Crippen molar-refractivity contribution in [3.8, 4) is 0 Å². The molecule has 0 unspecified atom stereocenters. The second-order valence-corrected chi connectivity index (χ2v) is 2.62. The molecule has 0 bridgehead atoms. The monoisotopic (exact) mass is 193 g/mol. The maximum atomic E-state index is 13.0. The Morgan fingerprint density at radius 3 is 2.75 bits per heavy atom. The van der Waals surface area contributed by atoms with E-state index in [2.05, 4.69) is 4.74 Å². The minimum atomic E-state index is -2.65. The van der Waals surface area contributed by atoms with Crippen LogP contribution in [0.5, 0.6) is 0 Å². The largest absolute Gasteiger partial charge is 0.550 e. The van der Waals surface area contributed by atoms with Crippen molar-refractivity contribution in [2.45, 2.75) is 12.3 Å². The number of ether oxygens (including phenoxy) is 1. The molecule has 1 atom stereocenters. The number of carbonyl (C=O) groups is 2. The van der Waals surface area contributed by atoms with Gasteiger partial charge in [-0.2, -0.15) is 4.39 Å². The van der Waals surface area contributed by atoms with Gasteiger partial charge in [-0.15, -0.1) is 0 Å². The molecule has 0 amide bonds. The SMILES string of the molecule is O=C([O-])C[C@@]1(F)C=C(Cl)C(=O)O1. The Kier molecular flexibility index (Phi) is 2.06. The van der Waals surface area contributed by atoms with Crippen LogP contribution in [0.25, 0.3) is 0 Å². The van der Waals surface area contributed by atoms with E-state index in [9.17, 15) is 19.1 Å². The van der Waals surface area contributed by atoms with Crippen LogP contribution in [0.2, 0.25) is 0 Å². The van der Waals surface area contributed by atoms with Crippen molar-refractivity contribution in [3.05, 3.63) is 11.1 Å². The molecule has 6 heteroatoms. The highest BCUT2D eigenvalue weighted by Crippen LogP contribution is 2.30. The van der Waals surface area contributed by atoms with Crippen molar-refractivity contribution in [3.63, 3.8) is 0 Å². The summed E-state index contributed by atoms with van der Waals surface area (Å²) in [6.07, 6.45) is -0.443. The zero-order valence-corrected chi connectivity index (χ0v) is 6.43. The number of hydrogen-bond acceptors (Lipinski definition) is 4. The lowest BCUT2D eigenvalue weighted by atomic mass is 10.2. The maximum Gasteiger partial charge on any atom is 0.352 e. The molecule has 12 heavy (non-hydrogen) atoms. The summed E-state index contributed by atoms with van der Waals surface area (Å²) in [6.45, 7) is 0. The van der Waals surface area contributed by atoms with Gasteiger partial charge in [0.25, 0.3) is 5.85 Å². The minimum Gasteiger partial charge on any atom is -0.550 e. The van der Waals surface area contributed by atoms with E-state index in [0.29, 0.717) is 6.08 Å². The summed E-state index contributed by atoms with van der Waals surface area (Å²) in [5, 5.41) is 9.50. The van der Waals surface area contributed by atoms with Crippen molar-refractivity contribution in [1.82, 2.24) is 0 Å². The Balaban J connectivity index is 2.77. The first-order chi connectivity index (χ1) is 5.43. The van der Waals surface area contributed by atoms with E-state index in [4.69, 9.17) is 11.6 Å². The number of aliphatic carboxylic acids is 1. The van der Waals surface area contributed by atoms with Crippen LogP contribution in [-0.4, -0.2) is 17.8 Å². The first-order valence-electron chi connectivity index (χ1n) is 2.93. The molecule has 0 saturated heterocycles. The fraction of sp³-hybridized carbons (Fsp3) is 0.333. The molecule has 66 valence electrons. The average Bonchev–Trinajstić information content (AvgIpc) is 2.04. The van der Waals surface area contributed by atoms with Gasteiger partial charge in [0.15, 0.2) is 0 Å². The Morgan fingerprint density at radius 1 is 1.83 bits per heavy atom. The standard InChI is InChI=1S/C6H4ClFO4/c7-3-1-6(8,2-4(9)10)12-5(3)11/h1H,2H2,(H,9,10)/p-1/t6-/m1/s1. The highest BCUT2D eigenvalue weighted by atomic mass is 35.5. The van der Waals surface area contributed by atoms with Gasteiger partial charge in [0.2, 0.25) is 0 Å². The quantitative estimate of drug-likeness (QED) is 0.553. The van der Waals surface area contributed by atoms with Crippen molar-refractivity contribution >= 4 is 23.5 Å². The van der Waals surface area contributed by atoms with Gasteiger partial charge in [-0.25, -0.2) is 4.79 Å². The third kappa shape index (κ3) is 1.73. The predicted molar refractivity (Wildman–Crippen MR) is 33.5 cm³/mol. The minimum absolute atomic E-state index is 0.459. The summed E-state index contributed by atoms with van der Waals surface area (Å²) in [6, 6.07) is 0. The number of cyclic esters (lactones) is 1. The van der Waals surface area contributed by atoms with Gasteiger partial charge in [-0.3, -0.25) is 0 Å². The number of carboxylic acids is 1. The molecule has 4 nitrogen and oxygen atoms in total. The maximum absolute atomic E-state index is 13.0. The fourth-order valence-corrected chi connectivity index (χ4v) is 0.966. The molecule has 0 aliphatic carbocycles. The van der Waals surface area contributed by atoms with Crippen molar-refractivity contribution in [1.29, 1.82) is 0 Å². The van der Waals surface area contributed by atoms with E-state index < -0.39 is 29.2 Å². The molecular weight excluding hydrogens is 191 g/mol. The van der Waals surface area contributed by atoms with Crippen molar-refractivity contribution < 1.29 is 23.8 Å². The highest BCUT2D eigenvalue weighted by Gasteiger charge is 2.39. The number of halogens is 2. The molecule has 0 aromatic carbocycles. The first kappa shape index (κ1) is 8.99. The smallest absolute Gasteiger partial charge is 0.352 e. The van der Waals surface area contributed by atoms with Crippen molar-refractivity contribution in [2.24, 2.45) is 0 Å². The van der Waals surface area contributed by atoms with Crippen LogP contribution in [0.4, 0.5) is 4.39 Å². The van der Waals surface area contributed by atoms with E-state index in [1.807, 2.05) is 0 Å². The van der Waals surface area contributed by atoms with Crippen LogP contribution in [-0.2, 0) is 14.3 Å². The zero-order valence-electron chi connectivity index (χ0n) is 5.67. The Labute approximate surface area is 71.6 Å². The molecule has 1 rings (SSSR count). The van der Waals surface area contributed by atoms with Gasteiger partial charge in [0, 0.05) is 12.0 Å². The first-order valence-corrected chi connectivity index (χ1v) is 3.31. The van der Waals surface area contributed by atoms with Crippen LogP contribution < -0.4 is 5.11 Å². The van der Waals surface area contributed by atoms with E-state index in [1.54, 1.807) is 0 Å². The number of carbonyl (C=O) groups excluding carboxylic acids is 2. The number of hydrogen-bond donors (Lipinski definition) is 0. The van der Waals surface area contributed by atoms with Crippen LogP contribution >= 0.6 is 11.6 Å². The number of rotatable bonds is 2. The lowest BCUT2D eigenvalue weighted by molar-refractivity contribution is -0.310. The number of esters is 1. The van der Waals surface area contributed by atoms with Gasteiger partial charge >= 0.3 is 5.97 Å². The molecule has 0 saturated carbocycles. The van der Waals surface area contributed by atoms with E-state index in [1.165, 1.54) is 0 Å². The third-order valence-corrected chi connectivity index (χ3v) is 1.45. The van der Waals surface area contributed by atoms with E-state index >= 15 is 0 Å². The summed E-state index contributed by atoms with van der Waals surface area (Å²) in [5.41, 5.74) is 0. The predicted octanol–water partition coefficient (Wildman–Crippen LogP) is -0.528. The third-order valence-electron chi connectivity index (χ3n) is 1.19. The molecule has 0 aromatic heterocycles. The number of carboxylic acid groups (broad SMARTS) is 1. The molecule has 1 aliphatic rings. The molecule has 0 radical (unpaired) electrons. The molecule has 0 aromatic rings. The highest BCUT2D eigenvalue weighted by molar-refractivity contribution is 6.41. The van der Waals surface area contributed by atoms with Gasteiger partial charge in [0.1, 0.15) is 5.03 Å². The normalized spacial score (nSPS) is 28.2. The molecular formula is C6H3ClFO4-. The second kappa shape index (κ2) is 2.75. The van der Waals surface area contributed by atoms with Gasteiger partial charge < -0.3 is 14.6 Å². The van der Waals surface area contributed by atoms with E-state index in [-0.39, 0.29) is 0 Å². The van der Waals surface area contributed by atoms with Crippen LogP contribution in [0.3, 0.4) is 0 Å². The van der Waals surface area contributed by atoms with Gasteiger partial charge in [-0.1, -0.05) is 11.6 Å². The average molecular weight is 194 g/mol. The summed E-state index contributed by atoms with van der Waals surface area (Å²) in [5.74, 6) is -5.37. The second-order valence-electron chi connectivity index (χ2n) is 2.22. The summed E-state index contributed by atoms with van der Waals surface area (Å²) in [7, 11) is 0. The molecule has 1 aliphatic heterocycles. The van der Waals surface area contributed by atoms with E-state index in [0.717, 1.165) is 0 Å². The van der Waals surface area contributed by atoms with Crippen LogP contribution in [0.1, 0.15) is 6.42 Å². The summed E-state index contributed by atoms with van der Waals surface area (Å²) >= 11 is 5.16. The molecule has 0 spiro atoms. The molecule has 0 fully saturated rings. The Morgan fingerprint density at radius 2 is 2.42 bits per heavy atom. The molecule has 0 N–H and O–H groups in total. The number of alkyl halides is 1. The van der Waals surface area contributed by atoms with Crippen LogP contribution in [0.15, 0.2) is 11.1 Å². The summed E-state index contributed by atoms with van der Waals surface area (Å²) in [4.78, 5) is 20.5. The zero-order chi connectivity index (χ0) is 9.35.